The maximum Gasteiger partial charge on any atom is 0.324 e. The summed E-state index contributed by atoms with van der Waals surface area (Å²) in [7, 11) is 1.55. The number of fused-ring (bicyclic) bond motifs is 1. The second kappa shape index (κ2) is 6.96. The third-order valence-corrected chi connectivity index (χ3v) is 4.51. The minimum absolute atomic E-state index is 0.336. The van der Waals surface area contributed by atoms with Crippen molar-refractivity contribution in [2.45, 2.75) is 0 Å². The number of methoxy groups -OCH3 is 1. The number of para-hydroxylation sites is 2. The lowest BCUT2D eigenvalue weighted by Crippen LogP contribution is -2.31. The van der Waals surface area contributed by atoms with Crippen molar-refractivity contribution >= 4 is 34.2 Å². The maximum atomic E-state index is 12.2. The number of urea groups is 1. The fourth-order valence-corrected chi connectivity index (χ4v) is 3.25. The van der Waals surface area contributed by atoms with Crippen LogP contribution in [0.1, 0.15) is 0 Å². The van der Waals surface area contributed by atoms with Gasteiger partial charge in [-0.25, -0.2) is 4.79 Å². The van der Waals surface area contributed by atoms with Gasteiger partial charge in [-0.1, -0.05) is 41.6 Å². The Bertz CT molecular complexity index is 1150. The van der Waals surface area contributed by atoms with Crippen molar-refractivity contribution in [3.8, 4) is 16.9 Å². The van der Waals surface area contributed by atoms with Gasteiger partial charge in [0.2, 0.25) is 0 Å². The highest BCUT2D eigenvalue weighted by Crippen LogP contribution is 2.36. The summed E-state index contributed by atoms with van der Waals surface area (Å²) in [6.45, 7) is 0. The zero-order valence-corrected chi connectivity index (χ0v) is 15.1. The Morgan fingerprint density at radius 1 is 1.04 bits per heavy atom. The zero-order valence-electron chi connectivity index (χ0n) is 15.1. The molecule has 0 saturated carbocycles. The molecule has 0 radical (unpaired) electrons. The number of amides is 2. The topological polar surface area (TPSA) is 108 Å². The van der Waals surface area contributed by atoms with Gasteiger partial charge in [-0.2, -0.15) is 0 Å². The lowest BCUT2D eigenvalue weighted by molar-refractivity contribution is 0.256. The van der Waals surface area contributed by atoms with Crippen molar-refractivity contribution in [3.05, 3.63) is 66.7 Å². The zero-order chi connectivity index (χ0) is 19.7. The number of ether oxygens (including phenoxy) is 1. The minimum atomic E-state index is -0.609. The first-order valence-electron chi connectivity index (χ1n) is 8.57. The number of hydrogen-bond acceptors (Lipinski definition) is 5. The third-order valence-electron chi connectivity index (χ3n) is 4.51. The number of rotatable bonds is 4. The largest absolute Gasteiger partial charge is 0.495 e. The van der Waals surface area contributed by atoms with Crippen molar-refractivity contribution in [1.82, 2.24) is 5.16 Å². The Morgan fingerprint density at radius 2 is 1.79 bits per heavy atom. The molecular weight excluding hydrogens is 356 g/mol. The van der Waals surface area contributed by atoms with Gasteiger partial charge in [0, 0.05) is 0 Å². The summed E-state index contributed by atoms with van der Waals surface area (Å²) >= 11 is 0. The van der Waals surface area contributed by atoms with E-state index < -0.39 is 6.03 Å². The van der Waals surface area contributed by atoms with Gasteiger partial charge in [-0.3, -0.25) is 4.90 Å². The number of hydrogen-bond donors (Lipinski definition) is 2. The first kappa shape index (κ1) is 17.4. The Kier molecular flexibility index (Phi) is 4.33. The van der Waals surface area contributed by atoms with E-state index in [0.717, 1.165) is 16.5 Å². The van der Waals surface area contributed by atoms with Crippen molar-refractivity contribution in [1.29, 1.82) is 0 Å². The average molecular weight is 374 g/mol. The van der Waals surface area contributed by atoms with Gasteiger partial charge in [0.15, 0.2) is 11.4 Å². The number of nitrogens with zero attached hydrogens (tertiary/aromatic N) is 2. The second-order valence-electron chi connectivity index (χ2n) is 6.14. The smallest absolute Gasteiger partial charge is 0.324 e. The van der Waals surface area contributed by atoms with Crippen LogP contribution in [0.3, 0.4) is 0 Å². The van der Waals surface area contributed by atoms with Crippen LogP contribution < -0.4 is 21.1 Å². The van der Waals surface area contributed by atoms with Crippen molar-refractivity contribution in [2.24, 2.45) is 5.73 Å². The van der Waals surface area contributed by atoms with E-state index in [9.17, 15) is 4.79 Å². The molecule has 28 heavy (non-hydrogen) atoms. The molecule has 0 fully saturated rings. The predicted molar refractivity (Wildman–Crippen MR) is 109 cm³/mol. The van der Waals surface area contributed by atoms with Crippen LogP contribution in [0.4, 0.5) is 22.0 Å². The molecule has 3 aromatic carbocycles. The minimum Gasteiger partial charge on any atom is -0.495 e. The molecule has 0 aliphatic heterocycles. The number of nitrogens with two attached hydrogens (primary N) is 2. The van der Waals surface area contributed by atoms with Gasteiger partial charge < -0.3 is 20.7 Å². The van der Waals surface area contributed by atoms with E-state index in [1.807, 2.05) is 54.6 Å². The molecule has 4 N–H and O–H groups in total. The molecule has 0 aliphatic carbocycles. The van der Waals surface area contributed by atoms with E-state index in [2.05, 4.69) is 5.16 Å². The number of aromatic nitrogens is 1. The van der Waals surface area contributed by atoms with Crippen LogP contribution in [0.2, 0.25) is 0 Å². The first-order valence-corrected chi connectivity index (χ1v) is 8.57. The maximum absolute atomic E-state index is 12.2. The molecular formula is C21H18N4O3. The average Bonchev–Trinajstić information content (AvgIpc) is 3.10. The first-order chi connectivity index (χ1) is 13.6. The molecule has 1 heterocycles. The van der Waals surface area contributed by atoms with Crippen molar-refractivity contribution in [2.75, 3.05) is 17.7 Å². The Labute approximate surface area is 161 Å². The van der Waals surface area contributed by atoms with Gasteiger partial charge in [-0.15, -0.1) is 0 Å². The predicted octanol–water partition coefficient (Wildman–Crippen LogP) is 4.30. The van der Waals surface area contributed by atoms with Gasteiger partial charge in [0.05, 0.1) is 23.9 Å². The van der Waals surface area contributed by atoms with Gasteiger partial charge >= 0.3 is 6.03 Å². The van der Waals surface area contributed by atoms with Gasteiger partial charge in [0.1, 0.15) is 5.75 Å². The summed E-state index contributed by atoms with van der Waals surface area (Å²) < 4.78 is 10.6. The number of anilines is 3. The Balaban J connectivity index is 1.78. The van der Waals surface area contributed by atoms with Gasteiger partial charge in [-0.05, 0) is 41.5 Å². The Hall–Kier alpha value is -4.00. The van der Waals surface area contributed by atoms with Crippen molar-refractivity contribution < 1.29 is 14.1 Å². The van der Waals surface area contributed by atoms with E-state index >= 15 is 0 Å². The molecule has 4 rings (SSSR count). The monoisotopic (exact) mass is 374 g/mol. The summed E-state index contributed by atoms with van der Waals surface area (Å²) in [5, 5.41) is 4.59. The molecule has 0 spiro atoms. The fraction of sp³-hybridized carbons (Fsp3) is 0.0476. The van der Waals surface area contributed by atoms with Crippen LogP contribution >= 0.6 is 0 Å². The second-order valence-corrected chi connectivity index (χ2v) is 6.14. The number of nitrogen functional groups attached to an aromatic ring is 1. The lowest BCUT2D eigenvalue weighted by atomic mass is 10.0. The molecule has 7 nitrogen and oxygen atoms in total. The third kappa shape index (κ3) is 2.88. The summed E-state index contributed by atoms with van der Waals surface area (Å²) in [5.41, 5.74) is 15.2. The summed E-state index contributed by atoms with van der Waals surface area (Å²) in [4.78, 5) is 13.6. The van der Waals surface area contributed by atoms with E-state index in [1.165, 1.54) is 4.90 Å². The standard InChI is InChI=1S/C21H18N4O3/c1-27-17-7-3-2-6-16(17)25(21(23)26)14-11-9-13(10-12-14)15-5-4-8-18-19(15)20(22)24-28-18/h2-12H,1H3,(H2,22,24)(H2,23,26). The molecule has 0 saturated heterocycles. The number of carbonyl (C=O) groups is 1. The quantitative estimate of drug-likeness (QED) is 0.554. The normalized spacial score (nSPS) is 10.8. The lowest BCUT2D eigenvalue weighted by Gasteiger charge is -2.23. The van der Waals surface area contributed by atoms with Crippen LogP contribution in [0.25, 0.3) is 22.1 Å². The van der Waals surface area contributed by atoms with Crippen LogP contribution in [-0.2, 0) is 0 Å². The molecule has 0 aliphatic rings. The number of primary amides is 1. The molecule has 1 aromatic heterocycles. The molecule has 0 unspecified atom stereocenters. The molecule has 4 aromatic rings. The van der Waals surface area contributed by atoms with Crippen LogP contribution in [-0.4, -0.2) is 18.3 Å². The SMILES string of the molecule is COc1ccccc1N(C(N)=O)c1ccc(-c2cccc3onc(N)c23)cc1. The van der Waals surface area contributed by atoms with Crippen LogP contribution in [0.5, 0.6) is 5.75 Å². The van der Waals surface area contributed by atoms with E-state index in [4.69, 9.17) is 20.7 Å². The molecule has 140 valence electrons. The highest BCUT2D eigenvalue weighted by atomic mass is 16.5. The van der Waals surface area contributed by atoms with E-state index in [0.29, 0.717) is 28.5 Å². The van der Waals surface area contributed by atoms with Crippen molar-refractivity contribution in [3.63, 3.8) is 0 Å². The van der Waals surface area contributed by atoms with Crippen LogP contribution in [0.15, 0.2) is 71.3 Å². The van der Waals surface area contributed by atoms with E-state index in [-0.39, 0.29) is 0 Å². The molecule has 0 bridgehead atoms. The summed E-state index contributed by atoms with van der Waals surface area (Å²) in [6.07, 6.45) is 0. The highest BCUT2D eigenvalue weighted by molar-refractivity contribution is 6.02. The fourth-order valence-electron chi connectivity index (χ4n) is 3.25. The molecule has 7 heteroatoms. The summed E-state index contributed by atoms with van der Waals surface area (Å²) in [5.74, 6) is 0.884. The highest BCUT2D eigenvalue weighted by Gasteiger charge is 2.19. The molecule has 2 amide bonds. The van der Waals surface area contributed by atoms with Gasteiger partial charge in [0.25, 0.3) is 0 Å². The van der Waals surface area contributed by atoms with E-state index in [1.54, 1.807) is 19.2 Å². The molecule has 0 atom stereocenters. The number of carbonyl (C=O) groups excluding carboxylic acids is 1. The number of benzene rings is 3. The summed E-state index contributed by atoms with van der Waals surface area (Å²) in [6, 6.07) is 19.6. The Morgan fingerprint density at radius 3 is 2.50 bits per heavy atom. The van der Waals surface area contributed by atoms with Crippen LogP contribution in [0, 0.1) is 0 Å².